The summed E-state index contributed by atoms with van der Waals surface area (Å²) in [6, 6.07) is 13.4. The molecule has 2 amide bonds. The van der Waals surface area contributed by atoms with E-state index in [-0.39, 0.29) is 11.7 Å². The summed E-state index contributed by atoms with van der Waals surface area (Å²) < 4.78 is 5.21. The van der Waals surface area contributed by atoms with Crippen LogP contribution in [0, 0.1) is 10.1 Å². The molecule has 0 atom stereocenters. The lowest BCUT2D eigenvalue weighted by molar-refractivity contribution is -0.384. The number of methoxy groups -OCH3 is 1. The number of nitrogens with one attached hydrogen (secondary N) is 2. The van der Waals surface area contributed by atoms with Crippen LogP contribution in [0.5, 0.6) is 5.75 Å². The van der Waals surface area contributed by atoms with E-state index in [1.54, 1.807) is 19.2 Å². The molecule has 0 aliphatic carbocycles. The van der Waals surface area contributed by atoms with Gasteiger partial charge in [-0.3, -0.25) is 15.4 Å². The van der Waals surface area contributed by atoms with Crippen molar-refractivity contribution in [2.75, 3.05) is 19.0 Å². The highest BCUT2D eigenvalue weighted by Crippen LogP contribution is 2.39. The molecule has 0 saturated carbocycles. The summed E-state index contributed by atoms with van der Waals surface area (Å²) in [5.74, 6) is 0.722. The maximum Gasteiger partial charge on any atom is 0.321 e. The van der Waals surface area contributed by atoms with Crippen molar-refractivity contribution < 1.29 is 14.5 Å². The van der Waals surface area contributed by atoms with Gasteiger partial charge in [0.05, 0.1) is 22.6 Å². The number of hydrogen-bond acceptors (Lipinski definition) is 6. The van der Waals surface area contributed by atoms with Gasteiger partial charge in [0.15, 0.2) is 5.13 Å². The molecule has 9 heteroatoms. The van der Waals surface area contributed by atoms with Crippen LogP contribution in [0.15, 0.2) is 48.5 Å². The van der Waals surface area contributed by atoms with Crippen LogP contribution in [0.1, 0.15) is 19.8 Å². The molecule has 30 heavy (non-hydrogen) atoms. The molecule has 0 aliphatic heterocycles. The molecule has 0 radical (unpaired) electrons. The van der Waals surface area contributed by atoms with E-state index in [1.165, 1.54) is 23.5 Å². The van der Waals surface area contributed by atoms with Crippen LogP contribution in [-0.4, -0.2) is 29.6 Å². The summed E-state index contributed by atoms with van der Waals surface area (Å²) in [4.78, 5) is 28.1. The first-order valence-electron chi connectivity index (χ1n) is 9.46. The Labute approximate surface area is 178 Å². The molecule has 0 fully saturated rings. The van der Waals surface area contributed by atoms with Crippen molar-refractivity contribution in [2.24, 2.45) is 0 Å². The monoisotopic (exact) mass is 426 g/mol. The van der Waals surface area contributed by atoms with Gasteiger partial charge in [-0.05, 0) is 48.4 Å². The van der Waals surface area contributed by atoms with Crippen LogP contribution in [0.4, 0.5) is 15.6 Å². The first-order chi connectivity index (χ1) is 14.5. The molecular weight excluding hydrogens is 404 g/mol. The lowest BCUT2D eigenvalue weighted by Gasteiger charge is -2.04. The van der Waals surface area contributed by atoms with Gasteiger partial charge in [0.1, 0.15) is 5.75 Å². The number of urea groups is 1. The van der Waals surface area contributed by atoms with Crippen molar-refractivity contribution in [3.05, 3.63) is 58.6 Å². The number of non-ortho nitro benzene ring substituents is 1. The summed E-state index contributed by atoms with van der Waals surface area (Å²) in [6.45, 7) is 2.65. The largest absolute Gasteiger partial charge is 0.497 e. The standard InChI is InChI=1S/C21H22N4O4S/c1-3-4-13-22-20(26)24-21-23-18(14-7-11-17(29-2)12-8-14)19(30-21)15-5-9-16(10-6-15)25(27)28/h5-12H,3-4,13H2,1-2H3,(H2,22,23,24,26). The zero-order valence-electron chi connectivity index (χ0n) is 16.7. The maximum atomic E-state index is 12.1. The van der Waals surface area contributed by atoms with E-state index in [9.17, 15) is 14.9 Å². The van der Waals surface area contributed by atoms with Crippen molar-refractivity contribution in [3.63, 3.8) is 0 Å². The van der Waals surface area contributed by atoms with Crippen molar-refractivity contribution >= 4 is 28.2 Å². The third kappa shape index (κ3) is 5.12. The van der Waals surface area contributed by atoms with Crippen molar-refractivity contribution in [1.82, 2.24) is 10.3 Å². The lowest BCUT2D eigenvalue weighted by Crippen LogP contribution is -2.29. The number of thiazole rings is 1. The molecule has 2 aromatic carbocycles. The second-order valence-corrected chi connectivity index (χ2v) is 7.46. The third-order valence-corrected chi connectivity index (χ3v) is 5.39. The molecule has 1 heterocycles. The topological polar surface area (TPSA) is 106 Å². The number of anilines is 1. The summed E-state index contributed by atoms with van der Waals surface area (Å²) in [7, 11) is 1.60. The number of hydrogen-bond donors (Lipinski definition) is 2. The van der Waals surface area contributed by atoms with Gasteiger partial charge in [-0.15, -0.1) is 0 Å². The molecule has 0 spiro atoms. The highest BCUT2D eigenvalue weighted by molar-refractivity contribution is 7.19. The third-order valence-electron chi connectivity index (χ3n) is 4.37. The van der Waals surface area contributed by atoms with Crippen LogP contribution in [0.3, 0.4) is 0 Å². The van der Waals surface area contributed by atoms with Gasteiger partial charge in [-0.2, -0.15) is 0 Å². The Kier molecular flexibility index (Phi) is 6.97. The summed E-state index contributed by atoms with van der Waals surface area (Å²) in [5, 5.41) is 17.0. The molecule has 8 nitrogen and oxygen atoms in total. The summed E-state index contributed by atoms with van der Waals surface area (Å²) >= 11 is 1.32. The van der Waals surface area contributed by atoms with Crippen molar-refractivity contribution in [3.8, 4) is 27.4 Å². The molecule has 1 aromatic heterocycles. The number of aromatic nitrogens is 1. The minimum absolute atomic E-state index is 0.0166. The molecule has 0 bridgehead atoms. The predicted octanol–water partition coefficient (Wildman–Crippen LogP) is 5.32. The Morgan fingerprint density at radius 2 is 1.80 bits per heavy atom. The second kappa shape index (κ2) is 9.84. The van der Waals surface area contributed by atoms with Gasteiger partial charge in [0.25, 0.3) is 5.69 Å². The Bertz CT molecular complexity index is 1020. The van der Waals surface area contributed by atoms with Crippen LogP contribution < -0.4 is 15.4 Å². The number of benzene rings is 2. The van der Waals surface area contributed by atoms with Gasteiger partial charge in [0.2, 0.25) is 0 Å². The molecule has 2 N–H and O–H groups in total. The smallest absolute Gasteiger partial charge is 0.321 e. The number of ether oxygens (including phenoxy) is 1. The fourth-order valence-electron chi connectivity index (χ4n) is 2.77. The van der Waals surface area contributed by atoms with Crippen LogP contribution in [0.25, 0.3) is 21.7 Å². The SMILES string of the molecule is CCCCNC(=O)Nc1nc(-c2ccc(OC)cc2)c(-c2ccc([N+](=O)[O-])cc2)s1. The summed E-state index contributed by atoms with van der Waals surface area (Å²) in [6.07, 6.45) is 1.89. The average Bonchev–Trinajstić information content (AvgIpc) is 3.17. The fraction of sp³-hybridized carbons (Fsp3) is 0.238. The molecule has 3 aromatic rings. The number of nitro groups is 1. The highest BCUT2D eigenvalue weighted by Gasteiger charge is 2.17. The Hall–Kier alpha value is -3.46. The molecular formula is C21H22N4O4S. The van der Waals surface area contributed by atoms with E-state index < -0.39 is 4.92 Å². The van der Waals surface area contributed by atoms with Crippen LogP contribution in [0.2, 0.25) is 0 Å². The van der Waals surface area contributed by atoms with Gasteiger partial charge < -0.3 is 10.1 Å². The zero-order chi connectivity index (χ0) is 21.5. The normalized spacial score (nSPS) is 10.5. The minimum Gasteiger partial charge on any atom is -0.497 e. The Balaban J connectivity index is 1.94. The number of nitro benzene ring substituents is 1. The van der Waals surface area contributed by atoms with E-state index in [4.69, 9.17) is 4.74 Å². The van der Waals surface area contributed by atoms with Crippen molar-refractivity contribution in [1.29, 1.82) is 0 Å². The van der Waals surface area contributed by atoms with Gasteiger partial charge in [-0.25, -0.2) is 9.78 Å². The van der Waals surface area contributed by atoms with Crippen LogP contribution in [-0.2, 0) is 0 Å². The number of rotatable bonds is 8. The number of unbranched alkanes of at least 4 members (excludes halogenated alkanes) is 1. The fourth-order valence-corrected chi connectivity index (χ4v) is 3.76. The van der Waals surface area contributed by atoms with Crippen molar-refractivity contribution in [2.45, 2.75) is 19.8 Å². The van der Waals surface area contributed by atoms with E-state index >= 15 is 0 Å². The second-order valence-electron chi connectivity index (χ2n) is 6.46. The quantitative estimate of drug-likeness (QED) is 0.288. The van der Waals surface area contributed by atoms with E-state index in [1.807, 2.05) is 24.3 Å². The minimum atomic E-state index is -0.436. The van der Waals surface area contributed by atoms with E-state index in [0.29, 0.717) is 17.4 Å². The molecule has 156 valence electrons. The van der Waals surface area contributed by atoms with E-state index in [0.717, 1.165) is 34.6 Å². The van der Waals surface area contributed by atoms with Crippen LogP contribution >= 0.6 is 11.3 Å². The zero-order valence-corrected chi connectivity index (χ0v) is 17.5. The summed E-state index contributed by atoms with van der Waals surface area (Å²) in [5.41, 5.74) is 2.33. The number of nitrogens with zero attached hydrogens (tertiary/aromatic N) is 2. The number of carbonyl (C=O) groups is 1. The van der Waals surface area contributed by atoms with Gasteiger partial charge in [0, 0.05) is 24.2 Å². The predicted molar refractivity (Wildman–Crippen MR) is 118 cm³/mol. The molecule has 0 aliphatic rings. The first-order valence-corrected chi connectivity index (χ1v) is 10.3. The van der Waals surface area contributed by atoms with E-state index in [2.05, 4.69) is 22.5 Å². The lowest BCUT2D eigenvalue weighted by atomic mass is 10.1. The average molecular weight is 426 g/mol. The number of carbonyl (C=O) groups excluding carboxylic acids is 1. The molecule has 3 rings (SSSR count). The molecule has 0 saturated heterocycles. The van der Waals surface area contributed by atoms with Gasteiger partial charge >= 0.3 is 6.03 Å². The molecule has 0 unspecified atom stereocenters. The number of amides is 2. The highest BCUT2D eigenvalue weighted by atomic mass is 32.1. The Morgan fingerprint density at radius 3 is 2.40 bits per heavy atom. The van der Waals surface area contributed by atoms with Gasteiger partial charge in [-0.1, -0.05) is 24.7 Å². The Morgan fingerprint density at radius 1 is 1.13 bits per heavy atom. The maximum absolute atomic E-state index is 12.1. The first kappa shape index (κ1) is 21.3.